The van der Waals surface area contributed by atoms with Crippen molar-refractivity contribution in [3.8, 4) is 0 Å². The van der Waals surface area contributed by atoms with Gasteiger partial charge in [0.15, 0.2) is 0 Å². The second kappa shape index (κ2) is 7.27. The molecule has 100 valence electrons. The van der Waals surface area contributed by atoms with Crippen molar-refractivity contribution in [3.05, 3.63) is 28.8 Å². The zero-order chi connectivity index (χ0) is 13.5. The highest BCUT2D eigenvalue weighted by Crippen LogP contribution is 2.24. The lowest BCUT2D eigenvalue weighted by atomic mass is 10.1. The van der Waals surface area contributed by atoms with Crippen LogP contribution in [0.4, 0.5) is 5.69 Å². The van der Waals surface area contributed by atoms with Gasteiger partial charge in [0.25, 0.3) is 0 Å². The van der Waals surface area contributed by atoms with Crippen LogP contribution in [0.3, 0.4) is 0 Å². The molecule has 0 heterocycles. The van der Waals surface area contributed by atoms with E-state index in [4.69, 9.17) is 16.3 Å². The van der Waals surface area contributed by atoms with E-state index in [0.29, 0.717) is 5.02 Å². The first-order valence-corrected chi connectivity index (χ1v) is 6.56. The predicted molar refractivity (Wildman–Crippen MR) is 75.1 cm³/mol. The molecule has 0 spiro atoms. The van der Waals surface area contributed by atoms with Crippen LogP contribution in [0, 0.1) is 6.92 Å². The van der Waals surface area contributed by atoms with E-state index in [2.05, 4.69) is 12.2 Å². The average molecular weight is 270 g/mol. The second-order valence-electron chi connectivity index (χ2n) is 4.35. The minimum atomic E-state index is -0.339. The number of unbranched alkanes of at least 4 members (excludes halogenated alkanes) is 1. The Bertz CT molecular complexity index is 407. The molecule has 1 unspecified atom stereocenters. The Labute approximate surface area is 113 Å². The number of rotatable bonds is 6. The molecule has 18 heavy (non-hydrogen) atoms. The number of methoxy groups -OCH3 is 1. The highest BCUT2D eigenvalue weighted by atomic mass is 35.5. The lowest BCUT2D eigenvalue weighted by Gasteiger charge is -2.18. The summed E-state index contributed by atoms with van der Waals surface area (Å²) in [6.07, 6.45) is 2.75. The summed E-state index contributed by atoms with van der Waals surface area (Å²) in [7, 11) is 1.40. The first-order chi connectivity index (χ1) is 8.58. The first-order valence-electron chi connectivity index (χ1n) is 6.19. The molecule has 0 bridgehead atoms. The molecule has 1 atom stereocenters. The largest absolute Gasteiger partial charge is 0.467 e. The monoisotopic (exact) mass is 269 g/mol. The smallest absolute Gasteiger partial charge is 0.328 e. The number of hydrogen-bond donors (Lipinski definition) is 1. The third-order valence-electron chi connectivity index (χ3n) is 2.78. The van der Waals surface area contributed by atoms with Crippen LogP contribution < -0.4 is 5.32 Å². The normalized spacial score (nSPS) is 12.0. The van der Waals surface area contributed by atoms with E-state index in [0.717, 1.165) is 30.5 Å². The summed E-state index contributed by atoms with van der Waals surface area (Å²) in [6.45, 7) is 4.08. The summed E-state index contributed by atoms with van der Waals surface area (Å²) in [6, 6.07) is 5.36. The summed E-state index contributed by atoms with van der Waals surface area (Å²) in [5.41, 5.74) is 1.88. The number of esters is 1. The topological polar surface area (TPSA) is 38.3 Å². The number of carbonyl (C=O) groups excluding carboxylic acids is 1. The van der Waals surface area contributed by atoms with Crippen molar-refractivity contribution in [1.82, 2.24) is 0 Å². The van der Waals surface area contributed by atoms with Crippen molar-refractivity contribution >= 4 is 23.3 Å². The van der Waals surface area contributed by atoms with Gasteiger partial charge in [0.2, 0.25) is 0 Å². The number of halogens is 1. The maximum atomic E-state index is 11.7. The van der Waals surface area contributed by atoms with Gasteiger partial charge in [-0.3, -0.25) is 0 Å². The maximum Gasteiger partial charge on any atom is 0.328 e. The molecular weight excluding hydrogens is 250 g/mol. The molecule has 0 amide bonds. The van der Waals surface area contributed by atoms with Gasteiger partial charge >= 0.3 is 5.97 Å². The van der Waals surface area contributed by atoms with Gasteiger partial charge in [0.1, 0.15) is 6.04 Å². The Kier molecular flexibility index (Phi) is 5.99. The van der Waals surface area contributed by atoms with E-state index >= 15 is 0 Å². The Balaban J connectivity index is 2.81. The molecule has 4 heteroatoms. The van der Waals surface area contributed by atoms with E-state index < -0.39 is 0 Å². The number of hydrogen-bond acceptors (Lipinski definition) is 3. The number of anilines is 1. The number of aryl methyl sites for hydroxylation is 1. The number of nitrogens with one attached hydrogen (secondary N) is 1. The summed E-state index contributed by atoms with van der Waals surface area (Å²) < 4.78 is 4.81. The molecule has 1 aromatic rings. The first kappa shape index (κ1) is 14.8. The summed E-state index contributed by atoms with van der Waals surface area (Å²) >= 11 is 6.11. The van der Waals surface area contributed by atoms with E-state index in [-0.39, 0.29) is 12.0 Å². The van der Waals surface area contributed by atoms with Crippen molar-refractivity contribution in [2.24, 2.45) is 0 Å². The van der Waals surface area contributed by atoms with Gasteiger partial charge in [-0.2, -0.15) is 0 Å². The summed E-state index contributed by atoms with van der Waals surface area (Å²) in [5.74, 6) is -0.249. The third-order valence-corrected chi connectivity index (χ3v) is 3.11. The van der Waals surface area contributed by atoms with Gasteiger partial charge < -0.3 is 10.1 Å². The number of ether oxygens (including phenoxy) is 1. The van der Waals surface area contributed by atoms with Crippen molar-refractivity contribution in [2.45, 2.75) is 39.2 Å². The fraction of sp³-hybridized carbons (Fsp3) is 0.500. The summed E-state index contributed by atoms with van der Waals surface area (Å²) in [5, 5.41) is 3.78. The average Bonchev–Trinajstić information content (AvgIpc) is 2.37. The molecule has 0 aliphatic carbocycles. The maximum absolute atomic E-state index is 11.7. The lowest BCUT2D eigenvalue weighted by Crippen LogP contribution is -2.30. The van der Waals surface area contributed by atoms with Crippen molar-refractivity contribution in [3.63, 3.8) is 0 Å². The third kappa shape index (κ3) is 4.22. The van der Waals surface area contributed by atoms with Crippen LogP contribution in [0.25, 0.3) is 0 Å². The standard InChI is InChI=1S/C14H20ClNO2/c1-4-5-6-12(14(17)18-3)16-13-9-10(2)7-8-11(13)15/h7-9,12,16H,4-6H2,1-3H3. The minimum Gasteiger partial charge on any atom is -0.467 e. The Morgan fingerprint density at radius 3 is 2.83 bits per heavy atom. The minimum absolute atomic E-state index is 0.249. The number of benzene rings is 1. The van der Waals surface area contributed by atoms with Crippen molar-refractivity contribution < 1.29 is 9.53 Å². The molecule has 0 saturated heterocycles. The van der Waals surface area contributed by atoms with Crippen LogP contribution in [0.5, 0.6) is 0 Å². The zero-order valence-electron chi connectivity index (χ0n) is 11.1. The molecule has 0 saturated carbocycles. The van der Waals surface area contributed by atoms with Crippen molar-refractivity contribution in [1.29, 1.82) is 0 Å². The van der Waals surface area contributed by atoms with Gasteiger partial charge in [-0.25, -0.2) is 4.79 Å². The van der Waals surface area contributed by atoms with Crippen LogP contribution in [-0.4, -0.2) is 19.1 Å². The molecule has 3 nitrogen and oxygen atoms in total. The highest BCUT2D eigenvalue weighted by Gasteiger charge is 2.19. The molecule has 1 rings (SSSR count). The van der Waals surface area contributed by atoms with Crippen LogP contribution in [-0.2, 0) is 9.53 Å². The molecule has 1 aromatic carbocycles. The number of carbonyl (C=O) groups is 1. The highest BCUT2D eigenvalue weighted by molar-refractivity contribution is 6.33. The van der Waals surface area contributed by atoms with Gasteiger partial charge in [0, 0.05) is 0 Å². The SMILES string of the molecule is CCCCC(Nc1cc(C)ccc1Cl)C(=O)OC. The summed E-state index contributed by atoms with van der Waals surface area (Å²) in [4.78, 5) is 11.7. The molecule has 0 aliphatic rings. The van der Waals surface area contributed by atoms with Gasteiger partial charge in [-0.1, -0.05) is 37.4 Å². The van der Waals surface area contributed by atoms with Gasteiger partial charge in [0.05, 0.1) is 17.8 Å². The Morgan fingerprint density at radius 2 is 2.22 bits per heavy atom. The molecule has 1 N–H and O–H groups in total. The molecular formula is C14H20ClNO2. The van der Waals surface area contributed by atoms with Crippen LogP contribution in [0.1, 0.15) is 31.7 Å². The molecule has 0 fully saturated rings. The van der Waals surface area contributed by atoms with Gasteiger partial charge in [-0.05, 0) is 31.0 Å². The van der Waals surface area contributed by atoms with Crippen LogP contribution in [0.2, 0.25) is 5.02 Å². The van der Waals surface area contributed by atoms with Crippen LogP contribution >= 0.6 is 11.6 Å². The van der Waals surface area contributed by atoms with E-state index in [1.54, 1.807) is 0 Å². The lowest BCUT2D eigenvalue weighted by molar-refractivity contribution is -0.141. The predicted octanol–water partition coefficient (Wildman–Crippen LogP) is 3.79. The van der Waals surface area contributed by atoms with E-state index in [1.165, 1.54) is 7.11 Å². The van der Waals surface area contributed by atoms with E-state index in [9.17, 15) is 4.79 Å². The van der Waals surface area contributed by atoms with Gasteiger partial charge in [-0.15, -0.1) is 0 Å². The fourth-order valence-corrected chi connectivity index (χ4v) is 1.91. The molecule has 0 aromatic heterocycles. The van der Waals surface area contributed by atoms with Crippen LogP contribution in [0.15, 0.2) is 18.2 Å². The Hall–Kier alpha value is -1.22. The second-order valence-corrected chi connectivity index (χ2v) is 4.75. The van der Waals surface area contributed by atoms with E-state index in [1.807, 2.05) is 25.1 Å². The van der Waals surface area contributed by atoms with Crippen molar-refractivity contribution in [2.75, 3.05) is 12.4 Å². The quantitative estimate of drug-likeness (QED) is 0.799. The molecule has 0 aliphatic heterocycles. The molecule has 0 radical (unpaired) electrons. The zero-order valence-corrected chi connectivity index (χ0v) is 11.9. The fourth-order valence-electron chi connectivity index (χ4n) is 1.74. The Morgan fingerprint density at radius 1 is 1.50 bits per heavy atom.